The van der Waals surface area contributed by atoms with E-state index in [9.17, 15) is 9.59 Å². The first-order valence-electron chi connectivity index (χ1n) is 7.15. The summed E-state index contributed by atoms with van der Waals surface area (Å²) in [6.45, 7) is 1.96. The summed E-state index contributed by atoms with van der Waals surface area (Å²) in [5.74, 6) is -1.06. The number of aliphatic carboxylic acids is 1. The summed E-state index contributed by atoms with van der Waals surface area (Å²) in [6, 6.07) is 7.92. The Bertz CT molecular complexity index is 558. The summed E-state index contributed by atoms with van der Waals surface area (Å²) in [7, 11) is 1.80. The van der Waals surface area contributed by atoms with E-state index in [4.69, 9.17) is 5.11 Å². The van der Waals surface area contributed by atoms with Crippen LogP contribution in [0.15, 0.2) is 24.3 Å². The van der Waals surface area contributed by atoms with Gasteiger partial charge in [-0.05, 0) is 24.1 Å². The van der Waals surface area contributed by atoms with Gasteiger partial charge >= 0.3 is 12.0 Å². The molecule has 21 heavy (non-hydrogen) atoms. The number of carboxylic acid groups (broad SMARTS) is 1. The van der Waals surface area contributed by atoms with Gasteiger partial charge in [-0.25, -0.2) is 4.79 Å². The number of urea groups is 1. The molecule has 2 atom stereocenters. The number of nitrogens with one attached hydrogen (secondary N) is 1. The molecule has 0 bridgehead atoms. The van der Waals surface area contributed by atoms with Crippen molar-refractivity contribution in [2.45, 2.75) is 12.5 Å². The van der Waals surface area contributed by atoms with Crippen LogP contribution in [-0.4, -0.2) is 48.7 Å². The summed E-state index contributed by atoms with van der Waals surface area (Å²) in [5.41, 5.74) is 1.96. The Morgan fingerprint density at radius 1 is 1.29 bits per heavy atom. The van der Waals surface area contributed by atoms with E-state index < -0.39 is 5.97 Å². The molecule has 6 heteroatoms. The van der Waals surface area contributed by atoms with Crippen LogP contribution in [0.25, 0.3) is 0 Å². The lowest BCUT2D eigenvalue weighted by Crippen LogP contribution is -2.29. The fourth-order valence-electron chi connectivity index (χ4n) is 2.95. The van der Waals surface area contributed by atoms with Gasteiger partial charge in [-0.2, -0.15) is 0 Å². The largest absolute Gasteiger partial charge is 0.481 e. The van der Waals surface area contributed by atoms with E-state index in [-0.39, 0.29) is 18.0 Å². The summed E-state index contributed by atoms with van der Waals surface area (Å²) < 4.78 is 0. The molecule has 0 spiro atoms. The van der Waals surface area contributed by atoms with Gasteiger partial charge in [0.25, 0.3) is 0 Å². The number of hydrogen-bond donors (Lipinski definition) is 2. The number of carboxylic acids is 1. The second kappa shape index (κ2) is 5.37. The Hall–Kier alpha value is -2.08. The molecule has 0 radical (unpaired) electrons. The van der Waals surface area contributed by atoms with Gasteiger partial charge in [0, 0.05) is 38.4 Å². The van der Waals surface area contributed by atoms with Crippen LogP contribution in [0.3, 0.4) is 0 Å². The first kappa shape index (κ1) is 13.9. The molecule has 112 valence electrons. The molecule has 2 aliphatic rings. The van der Waals surface area contributed by atoms with Crippen molar-refractivity contribution in [1.82, 2.24) is 10.2 Å². The van der Waals surface area contributed by atoms with Crippen molar-refractivity contribution in [2.75, 3.05) is 31.6 Å². The second-order valence-corrected chi connectivity index (χ2v) is 5.68. The van der Waals surface area contributed by atoms with Crippen LogP contribution in [0.5, 0.6) is 0 Å². The minimum Gasteiger partial charge on any atom is -0.481 e. The highest BCUT2D eigenvalue weighted by atomic mass is 16.4. The van der Waals surface area contributed by atoms with Crippen molar-refractivity contribution < 1.29 is 14.7 Å². The molecule has 0 aromatic heterocycles. The molecule has 2 fully saturated rings. The van der Waals surface area contributed by atoms with E-state index in [0.29, 0.717) is 19.5 Å². The first-order chi connectivity index (χ1) is 10.1. The molecule has 2 aliphatic heterocycles. The maximum Gasteiger partial charge on any atom is 0.324 e. The van der Waals surface area contributed by atoms with Crippen molar-refractivity contribution in [3.63, 3.8) is 0 Å². The van der Waals surface area contributed by atoms with Gasteiger partial charge in [0.15, 0.2) is 0 Å². The lowest BCUT2D eigenvalue weighted by molar-refractivity contribution is -0.141. The van der Waals surface area contributed by atoms with Crippen LogP contribution >= 0.6 is 0 Å². The minimum absolute atomic E-state index is 0.0210. The monoisotopic (exact) mass is 289 g/mol. The number of amides is 2. The molecule has 2 saturated heterocycles. The average molecular weight is 289 g/mol. The number of nitrogens with zero attached hydrogens (tertiary/aromatic N) is 2. The van der Waals surface area contributed by atoms with Crippen molar-refractivity contribution in [3.8, 4) is 0 Å². The van der Waals surface area contributed by atoms with Gasteiger partial charge in [0.1, 0.15) is 0 Å². The third-order valence-corrected chi connectivity index (χ3v) is 4.30. The summed E-state index contributed by atoms with van der Waals surface area (Å²) in [5, 5.41) is 12.3. The van der Waals surface area contributed by atoms with Crippen molar-refractivity contribution in [2.24, 2.45) is 5.92 Å². The Morgan fingerprint density at radius 2 is 2.00 bits per heavy atom. The smallest absolute Gasteiger partial charge is 0.324 e. The number of carbonyl (C=O) groups is 2. The number of carbonyl (C=O) groups excluding carboxylic acids is 1. The predicted molar refractivity (Wildman–Crippen MR) is 78.3 cm³/mol. The van der Waals surface area contributed by atoms with Gasteiger partial charge in [0.05, 0.1) is 5.92 Å². The molecular formula is C15H19N3O3. The highest BCUT2D eigenvalue weighted by Crippen LogP contribution is 2.29. The molecule has 1 aromatic rings. The number of rotatable bonds is 3. The lowest BCUT2D eigenvalue weighted by Gasteiger charge is -2.17. The highest BCUT2D eigenvalue weighted by Gasteiger charge is 2.30. The van der Waals surface area contributed by atoms with Crippen molar-refractivity contribution >= 4 is 17.7 Å². The van der Waals surface area contributed by atoms with Crippen LogP contribution < -0.4 is 10.2 Å². The highest BCUT2D eigenvalue weighted by molar-refractivity contribution is 5.93. The fourth-order valence-corrected chi connectivity index (χ4v) is 2.95. The van der Waals surface area contributed by atoms with Crippen LogP contribution in [0.4, 0.5) is 10.5 Å². The van der Waals surface area contributed by atoms with E-state index in [0.717, 1.165) is 17.8 Å². The fraction of sp³-hybridized carbons (Fsp3) is 0.467. The van der Waals surface area contributed by atoms with Crippen LogP contribution in [0.1, 0.15) is 18.0 Å². The summed E-state index contributed by atoms with van der Waals surface area (Å²) in [6.07, 6.45) is 0.611. The van der Waals surface area contributed by atoms with Crippen LogP contribution in [0, 0.1) is 5.92 Å². The zero-order valence-corrected chi connectivity index (χ0v) is 12.0. The zero-order valence-electron chi connectivity index (χ0n) is 12.0. The summed E-state index contributed by atoms with van der Waals surface area (Å²) in [4.78, 5) is 26.4. The van der Waals surface area contributed by atoms with E-state index in [1.807, 2.05) is 24.3 Å². The molecule has 2 unspecified atom stereocenters. The van der Waals surface area contributed by atoms with E-state index in [1.54, 1.807) is 16.8 Å². The maximum absolute atomic E-state index is 11.9. The number of hydrogen-bond acceptors (Lipinski definition) is 3. The number of likely N-dealkylation sites (N-methyl/N-ethyl adjacent to an activating group) is 1. The SMILES string of the molecule is CN1CCN(c2ccc(C3CC(C(=O)O)CN3)cc2)C1=O. The molecule has 0 saturated carbocycles. The molecular weight excluding hydrogens is 270 g/mol. The number of benzene rings is 1. The zero-order chi connectivity index (χ0) is 15.0. The van der Waals surface area contributed by atoms with Crippen molar-refractivity contribution in [1.29, 1.82) is 0 Å². The van der Waals surface area contributed by atoms with Crippen LogP contribution in [-0.2, 0) is 4.79 Å². The molecule has 2 N–H and O–H groups in total. The normalized spacial score (nSPS) is 25.7. The standard InChI is InChI=1S/C15H19N3O3/c1-17-6-7-18(15(17)21)12-4-2-10(3-5-12)13-8-11(9-16-13)14(19)20/h2-5,11,13,16H,6-9H2,1H3,(H,19,20). The number of anilines is 1. The van der Waals surface area contributed by atoms with Crippen LogP contribution in [0.2, 0.25) is 0 Å². The van der Waals surface area contributed by atoms with E-state index in [2.05, 4.69) is 5.32 Å². The van der Waals surface area contributed by atoms with E-state index >= 15 is 0 Å². The molecule has 2 amide bonds. The Balaban J connectivity index is 1.70. The predicted octanol–water partition coefficient (Wildman–Crippen LogP) is 1.29. The van der Waals surface area contributed by atoms with Gasteiger partial charge in [-0.3, -0.25) is 9.69 Å². The molecule has 6 nitrogen and oxygen atoms in total. The average Bonchev–Trinajstić information content (AvgIpc) is 3.08. The minimum atomic E-state index is -0.743. The third-order valence-electron chi connectivity index (χ3n) is 4.30. The van der Waals surface area contributed by atoms with Crippen molar-refractivity contribution in [3.05, 3.63) is 29.8 Å². The molecule has 2 heterocycles. The molecule has 3 rings (SSSR count). The third kappa shape index (κ3) is 2.58. The quantitative estimate of drug-likeness (QED) is 0.879. The van der Waals surface area contributed by atoms with Gasteiger partial charge < -0.3 is 15.3 Å². The Kier molecular flexibility index (Phi) is 3.55. The van der Waals surface area contributed by atoms with Gasteiger partial charge in [-0.15, -0.1) is 0 Å². The Labute approximate surface area is 123 Å². The maximum atomic E-state index is 11.9. The molecule has 0 aliphatic carbocycles. The summed E-state index contributed by atoms with van der Waals surface area (Å²) >= 11 is 0. The van der Waals surface area contributed by atoms with Gasteiger partial charge in [0.2, 0.25) is 0 Å². The topological polar surface area (TPSA) is 72.9 Å². The molecule has 1 aromatic carbocycles. The second-order valence-electron chi connectivity index (χ2n) is 5.68. The van der Waals surface area contributed by atoms with E-state index in [1.165, 1.54) is 0 Å². The lowest BCUT2D eigenvalue weighted by atomic mass is 10.00. The first-order valence-corrected chi connectivity index (χ1v) is 7.15. The van der Waals surface area contributed by atoms with Gasteiger partial charge in [-0.1, -0.05) is 12.1 Å². The Morgan fingerprint density at radius 3 is 2.52 bits per heavy atom.